The van der Waals surface area contributed by atoms with E-state index in [0.29, 0.717) is 25.1 Å². The number of amides is 2. The molecule has 0 saturated carbocycles. The van der Waals surface area contributed by atoms with Gasteiger partial charge in [-0.05, 0) is 38.0 Å². The minimum absolute atomic E-state index is 0.140. The Morgan fingerprint density at radius 3 is 2.75 bits per heavy atom. The molecule has 1 heterocycles. The smallest absolute Gasteiger partial charge is 0.260 e. The Morgan fingerprint density at radius 1 is 1.54 bits per heavy atom. The topological polar surface area (TPSA) is 60.9 Å². The van der Waals surface area contributed by atoms with Crippen LogP contribution in [-0.4, -0.2) is 47.1 Å². The molecule has 1 aliphatic rings. The van der Waals surface area contributed by atoms with Gasteiger partial charge in [0.05, 0.1) is 13.1 Å². The number of β-amino-alcohol motifs (C(OH)–C–C–N with tert-alkyl or cyclic N) is 1. The van der Waals surface area contributed by atoms with Gasteiger partial charge in [-0.15, -0.1) is 6.42 Å². The molecular weight excluding hydrogens is 304 g/mol. The van der Waals surface area contributed by atoms with Crippen LogP contribution in [0.2, 0.25) is 0 Å². The van der Waals surface area contributed by atoms with Gasteiger partial charge in [-0.1, -0.05) is 25.3 Å². The fraction of sp³-hybridized carbons (Fsp3) is 0.474. The molecule has 0 radical (unpaired) electrons. The first-order valence-electron chi connectivity index (χ1n) is 8.19. The van der Waals surface area contributed by atoms with Crippen molar-refractivity contribution in [1.29, 1.82) is 0 Å². The van der Waals surface area contributed by atoms with Crippen molar-refractivity contribution in [1.82, 2.24) is 4.90 Å². The number of hydrogen-bond acceptors (Lipinski definition) is 4. The lowest BCUT2D eigenvalue weighted by atomic mass is 9.93. The van der Waals surface area contributed by atoms with E-state index in [4.69, 9.17) is 6.42 Å². The predicted molar refractivity (Wildman–Crippen MR) is 93.8 cm³/mol. The maximum absolute atomic E-state index is 12.8. The van der Waals surface area contributed by atoms with Crippen molar-refractivity contribution in [3.63, 3.8) is 0 Å². The summed E-state index contributed by atoms with van der Waals surface area (Å²) in [7, 11) is 0. The van der Waals surface area contributed by atoms with Gasteiger partial charge in [0.1, 0.15) is 0 Å². The predicted octanol–water partition coefficient (Wildman–Crippen LogP) is 1.97. The molecule has 1 N–H and O–H groups in total. The normalized spacial score (nSPS) is 16.7. The van der Waals surface area contributed by atoms with Crippen molar-refractivity contribution in [2.45, 2.75) is 45.3 Å². The number of rotatable bonds is 6. The molecule has 128 valence electrons. The van der Waals surface area contributed by atoms with E-state index in [-0.39, 0.29) is 11.9 Å². The standard InChI is InChI=1S/C19H24N2O3/c1-5-7-15(4)21(13-22)18(23)17-10-16(9-8-14(17)3)20-11-19(24,6-2)12-20/h2,8-10,13,15,24H,5,7,11-12H2,1,3-4H3. The molecular formula is C19H24N2O3. The van der Waals surface area contributed by atoms with E-state index in [1.54, 1.807) is 6.07 Å². The zero-order valence-corrected chi connectivity index (χ0v) is 14.5. The molecule has 24 heavy (non-hydrogen) atoms. The van der Waals surface area contributed by atoms with Crippen molar-refractivity contribution < 1.29 is 14.7 Å². The van der Waals surface area contributed by atoms with Crippen LogP contribution in [0.4, 0.5) is 5.69 Å². The Kier molecular flexibility index (Phi) is 5.30. The van der Waals surface area contributed by atoms with Crippen LogP contribution in [0.1, 0.15) is 42.6 Å². The molecule has 1 aromatic carbocycles. The zero-order valence-electron chi connectivity index (χ0n) is 14.5. The van der Waals surface area contributed by atoms with Crippen LogP contribution in [0, 0.1) is 19.3 Å². The number of aryl methyl sites for hydroxylation is 1. The molecule has 0 aliphatic carbocycles. The first kappa shape index (κ1) is 18.0. The van der Waals surface area contributed by atoms with E-state index < -0.39 is 5.60 Å². The number of carbonyl (C=O) groups excluding carboxylic acids is 2. The Hall–Kier alpha value is -2.32. The Morgan fingerprint density at radius 2 is 2.21 bits per heavy atom. The molecule has 1 unspecified atom stereocenters. The van der Waals surface area contributed by atoms with Crippen LogP contribution in [0.5, 0.6) is 0 Å². The number of terminal acetylenes is 1. The number of aliphatic hydroxyl groups is 1. The quantitative estimate of drug-likeness (QED) is 0.641. The Bertz CT molecular complexity index is 672. The number of hydrogen-bond donors (Lipinski definition) is 1. The van der Waals surface area contributed by atoms with Gasteiger partial charge in [-0.25, -0.2) is 0 Å². The summed E-state index contributed by atoms with van der Waals surface area (Å²) in [5.74, 6) is 2.08. The summed E-state index contributed by atoms with van der Waals surface area (Å²) >= 11 is 0. The second-order valence-electron chi connectivity index (χ2n) is 6.49. The van der Waals surface area contributed by atoms with Crippen molar-refractivity contribution in [2.24, 2.45) is 0 Å². The van der Waals surface area contributed by atoms with E-state index in [9.17, 15) is 14.7 Å². The van der Waals surface area contributed by atoms with Gasteiger partial charge < -0.3 is 10.0 Å². The summed E-state index contributed by atoms with van der Waals surface area (Å²) in [6, 6.07) is 5.37. The first-order valence-corrected chi connectivity index (χ1v) is 8.19. The third-order valence-electron chi connectivity index (χ3n) is 4.52. The van der Waals surface area contributed by atoms with E-state index in [1.807, 2.05) is 37.8 Å². The van der Waals surface area contributed by atoms with Gasteiger partial charge >= 0.3 is 0 Å². The third kappa shape index (κ3) is 3.44. The SMILES string of the molecule is C#CC1(O)CN(c2ccc(C)c(C(=O)N(C=O)C(C)CCC)c2)C1. The number of imide groups is 1. The molecule has 1 atom stereocenters. The van der Waals surface area contributed by atoms with Crippen LogP contribution < -0.4 is 4.90 Å². The lowest BCUT2D eigenvalue weighted by molar-refractivity contribution is -0.117. The monoisotopic (exact) mass is 328 g/mol. The molecule has 1 saturated heterocycles. The highest BCUT2D eigenvalue weighted by Gasteiger charge is 2.39. The second kappa shape index (κ2) is 7.06. The average molecular weight is 328 g/mol. The van der Waals surface area contributed by atoms with Crippen molar-refractivity contribution in [3.05, 3.63) is 29.3 Å². The summed E-state index contributed by atoms with van der Waals surface area (Å²) < 4.78 is 0. The minimum Gasteiger partial charge on any atom is -0.374 e. The number of benzene rings is 1. The molecule has 2 amide bonds. The summed E-state index contributed by atoms with van der Waals surface area (Å²) in [5, 5.41) is 9.94. The molecule has 1 fully saturated rings. The van der Waals surface area contributed by atoms with E-state index in [1.165, 1.54) is 4.90 Å². The van der Waals surface area contributed by atoms with Crippen LogP contribution in [0.15, 0.2) is 18.2 Å². The first-order chi connectivity index (χ1) is 11.3. The summed E-state index contributed by atoms with van der Waals surface area (Å²) in [5.41, 5.74) is 1.03. The summed E-state index contributed by atoms with van der Waals surface area (Å²) in [6.45, 7) is 6.41. The van der Waals surface area contributed by atoms with E-state index in [2.05, 4.69) is 5.92 Å². The molecule has 0 bridgehead atoms. The third-order valence-corrected chi connectivity index (χ3v) is 4.52. The van der Waals surface area contributed by atoms with E-state index in [0.717, 1.165) is 24.1 Å². The number of anilines is 1. The lowest BCUT2D eigenvalue weighted by Gasteiger charge is -2.44. The largest absolute Gasteiger partial charge is 0.374 e. The van der Waals surface area contributed by atoms with E-state index >= 15 is 0 Å². The number of nitrogens with zero attached hydrogens (tertiary/aromatic N) is 2. The van der Waals surface area contributed by atoms with Gasteiger partial charge in [0, 0.05) is 17.3 Å². The zero-order chi connectivity index (χ0) is 17.9. The minimum atomic E-state index is -1.10. The lowest BCUT2D eigenvalue weighted by Crippen LogP contribution is -2.61. The fourth-order valence-corrected chi connectivity index (χ4v) is 2.94. The molecule has 2 rings (SSSR count). The van der Waals surface area contributed by atoms with Gasteiger partial charge in [0.25, 0.3) is 5.91 Å². The van der Waals surface area contributed by atoms with Gasteiger partial charge in [0.2, 0.25) is 6.41 Å². The van der Waals surface area contributed by atoms with Crippen molar-refractivity contribution >= 4 is 18.0 Å². The molecule has 0 aromatic heterocycles. The highest BCUT2D eigenvalue weighted by molar-refractivity contribution is 6.02. The highest BCUT2D eigenvalue weighted by atomic mass is 16.3. The molecule has 0 spiro atoms. The summed E-state index contributed by atoms with van der Waals surface area (Å²) in [6.07, 6.45) is 7.58. The highest BCUT2D eigenvalue weighted by Crippen LogP contribution is 2.29. The Labute approximate surface area is 143 Å². The van der Waals surface area contributed by atoms with Gasteiger partial charge in [-0.3, -0.25) is 14.5 Å². The van der Waals surface area contributed by atoms with Crippen molar-refractivity contribution in [2.75, 3.05) is 18.0 Å². The van der Waals surface area contributed by atoms with Gasteiger partial charge in [0.15, 0.2) is 5.60 Å². The average Bonchev–Trinajstić information content (AvgIpc) is 2.53. The Balaban J connectivity index is 2.24. The maximum atomic E-state index is 12.8. The van der Waals surface area contributed by atoms with Crippen LogP contribution in [-0.2, 0) is 4.79 Å². The molecule has 5 heteroatoms. The molecule has 1 aliphatic heterocycles. The second-order valence-corrected chi connectivity index (χ2v) is 6.49. The molecule has 5 nitrogen and oxygen atoms in total. The fourth-order valence-electron chi connectivity index (χ4n) is 2.94. The van der Waals surface area contributed by atoms with Gasteiger partial charge in [-0.2, -0.15) is 0 Å². The van der Waals surface area contributed by atoms with Crippen LogP contribution >= 0.6 is 0 Å². The van der Waals surface area contributed by atoms with Crippen LogP contribution in [0.25, 0.3) is 0 Å². The van der Waals surface area contributed by atoms with Crippen molar-refractivity contribution in [3.8, 4) is 12.3 Å². The molecule has 1 aromatic rings. The summed E-state index contributed by atoms with van der Waals surface area (Å²) in [4.78, 5) is 27.3. The number of carbonyl (C=O) groups is 2. The van der Waals surface area contributed by atoms with Crippen LogP contribution in [0.3, 0.4) is 0 Å². The maximum Gasteiger partial charge on any atom is 0.260 e.